The number of aliphatic hydroxyl groups excluding tert-OH is 2. The van der Waals surface area contributed by atoms with Gasteiger partial charge in [0.15, 0.2) is 0 Å². The Balaban J connectivity index is 3.36. The van der Waals surface area contributed by atoms with Crippen molar-refractivity contribution in [2.75, 3.05) is 6.61 Å². The first-order valence-corrected chi connectivity index (χ1v) is 26.5. The molecular weight excluding hydrogens is 711 g/mol. The molecule has 2 unspecified atom stereocenters. The molecule has 0 aromatic rings. The predicted molar refractivity (Wildman–Crippen MR) is 258 cm³/mol. The van der Waals surface area contributed by atoms with Gasteiger partial charge in [-0.2, -0.15) is 0 Å². The zero-order chi connectivity index (χ0) is 42.1. The van der Waals surface area contributed by atoms with Gasteiger partial charge in [0.05, 0.1) is 18.8 Å². The highest BCUT2D eigenvalue weighted by Crippen LogP contribution is 2.17. The molecule has 344 valence electrons. The minimum absolute atomic E-state index is 0.0302. The number of hydrogen-bond donors (Lipinski definition) is 3. The zero-order valence-electron chi connectivity index (χ0n) is 39.6. The molecule has 0 bridgehead atoms. The smallest absolute Gasteiger partial charge is 0.220 e. The molecule has 1 amide bonds. The normalized spacial score (nSPS) is 13.0. The summed E-state index contributed by atoms with van der Waals surface area (Å²) in [6, 6.07) is -0.532. The van der Waals surface area contributed by atoms with Gasteiger partial charge in [-0.1, -0.05) is 269 Å². The summed E-state index contributed by atoms with van der Waals surface area (Å²) in [5.74, 6) is -0.0302. The van der Waals surface area contributed by atoms with Crippen molar-refractivity contribution in [3.63, 3.8) is 0 Å². The van der Waals surface area contributed by atoms with E-state index in [9.17, 15) is 15.0 Å². The summed E-state index contributed by atoms with van der Waals surface area (Å²) in [5.41, 5.74) is 0. The Morgan fingerprint density at radius 2 is 0.707 bits per heavy atom. The van der Waals surface area contributed by atoms with E-state index in [0.29, 0.717) is 12.8 Å². The average Bonchev–Trinajstić information content (AvgIpc) is 3.23. The van der Waals surface area contributed by atoms with E-state index in [1.54, 1.807) is 0 Å². The Labute approximate surface area is 364 Å². The van der Waals surface area contributed by atoms with E-state index in [1.807, 2.05) is 0 Å². The number of carbonyl (C=O) groups excluding carboxylic acids is 1. The van der Waals surface area contributed by atoms with Crippen molar-refractivity contribution in [3.8, 4) is 0 Å². The first kappa shape index (κ1) is 56.9. The lowest BCUT2D eigenvalue weighted by molar-refractivity contribution is -0.123. The average molecular weight is 816 g/mol. The summed E-state index contributed by atoms with van der Waals surface area (Å²) in [7, 11) is 0. The number of carbonyl (C=O) groups is 1. The first-order valence-electron chi connectivity index (χ1n) is 26.5. The molecule has 4 heteroatoms. The molecule has 0 aromatic carbocycles. The maximum absolute atomic E-state index is 12.4. The quantitative estimate of drug-likeness (QED) is 0.0423. The van der Waals surface area contributed by atoms with Crippen LogP contribution in [0.1, 0.15) is 296 Å². The molecule has 0 aliphatic heterocycles. The number of rotatable bonds is 49. The third-order valence-electron chi connectivity index (χ3n) is 12.5. The van der Waals surface area contributed by atoms with Crippen LogP contribution in [0.5, 0.6) is 0 Å². The van der Waals surface area contributed by atoms with Crippen LogP contribution in [0.25, 0.3) is 0 Å². The fourth-order valence-corrected chi connectivity index (χ4v) is 8.39. The zero-order valence-corrected chi connectivity index (χ0v) is 39.6. The van der Waals surface area contributed by atoms with Gasteiger partial charge in [-0.3, -0.25) is 4.79 Å². The van der Waals surface area contributed by atoms with Crippen molar-refractivity contribution < 1.29 is 15.0 Å². The van der Waals surface area contributed by atoms with Crippen LogP contribution in [0.15, 0.2) is 24.3 Å². The number of aliphatic hydroxyl groups is 2. The molecule has 0 saturated carbocycles. The van der Waals surface area contributed by atoms with Gasteiger partial charge in [-0.25, -0.2) is 0 Å². The van der Waals surface area contributed by atoms with E-state index in [0.717, 1.165) is 32.1 Å². The second-order valence-electron chi connectivity index (χ2n) is 18.3. The van der Waals surface area contributed by atoms with E-state index in [4.69, 9.17) is 0 Å². The van der Waals surface area contributed by atoms with Crippen molar-refractivity contribution >= 4 is 5.91 Å². The van der Waals surface area contributed by atoms with E-state index in [1.165, 1.54) is 238 Å². The van der Waals surface area contributed by atoms with Gasteiger partial charge in [0.25, 0.3) is 0 Å². The SMILES string of the molecule is CCCCCCCCCCCCCCC/C=C\C/C=C\CCCCCCCCCCCCCCCCCCCC(=O)NC(CO)C(O)CCCCCCCCCCC. The van der Waals surface area contributed by atoms with Crippen molar-refractivity contribution in [2.24, 2.45) is 0 Å². The van der Waals surface area contributed by atoms with Crippen LogP contribution in [0, 0.1) is 0 Å². The first-order chi connectivity index (χ1) is 28.7. The lowest BCUT2D eigenvalue weighted by Gasteiger charge is -2.22. The molecule has 4 nitrogen and oxygen atoms in total. The van der Waals surface area contributed by atoms with Crippen molar-refractivity contribution in [3.05, 3.63) is 24.3 Å². The van der Waals surface area contributed by atoms with E-state index >= 15 is 0 Å². The van der Waals surface area contributed by atoms with Gasteiger partial charge in [-0.05, 0) is 44.9 Å². The molecule has 3 N–H and O–H groups in total. The van der Waals surface area contributed by atoms with Crippen LogP contribution < -0.4 is 5.32 Å². The molecule has 0 saturated heterocycles. The Morgan fingerprint density at radius 1 is 0.414 bits per heavy atom. The van der Waals surface area contributed by atoms with Crippen molar-refractivity contribution in [1.29, 1.82) is 0 Å². The minimum Gasteiger partial charge on any atom is -0.394 e. The number of hydrogen-bond acceptors (Lipinski definition) is 3. The fourth-order valence-electron chi connectivity index (χ4n) is 8.39. The van der Waals surface area contributed by atoms with Gasteiger partial charge < -0.3 is 15.5 Å². The molecule has 0 aliphatic rings. The maximum Gasteiger partial charge on any atom is 0.220 e. The summed E-state index contributed by atoms with van der Waals surface area (Å²) in [6.07, 6.45) is 66.1. The number of nitrogens with one attached hydrogen (secondary N) is 1. The molecule has 0 spiro atoms. The monoisotopic (exact) mass is 816 g/mol. The van der Waals surface area contributed by atoms with Crippen LogP contribution in [0.2, 0.25) is 0 Å². The third-order valence-corrected chi connectivity index (χ3v) is 12.5. The number of allylic oxidation sites excluding steroid dienone is 4. The molecule has 0 fully saturated rings. The van der Waals surface area contributed by atoms with Crippen LogP contribution in [-0.2, 0) is 4.79 Å². The number of amides is 1. The molecule has 0 aromatic heterocycles. The van der Waals surface area contributed by atoms with E-state index < -0.39 is 12.1 Å². The van der Waals surface area contributed by atoms with E-state index in [2.05, 4.69) is 43.5 Å². The molecule has 0 aliphatic carbocycles. The highest BCUT2D eigenvalue weighted by molar-refractivity contribution is 5.76. The summed E-state index contributed by atoms with van der Waals surface area (Å²) < 4.78 is 0. The molecule has 0 heterocycles. The Kier molecular flexibility index (Phi) is 49.2. The van der Waals surface area contributed by atoms with Gasteiger partial charge in [0.1, 0.15) is 0 Å². The van der Waals surface area contributed by atoms with Crippen molar-refractivity contribution in [2.45, 2.75) is 309 Å². The summed E-state index contributed by atoms with van der Waals surface area (Å²) in [6.45, 7) is 4.36. The summed E-state index contributed by atoms with van der Waals surface area (Å²) in [5, 5.41) is 23.1. The molecule has 2 atom stereocenters. The predicted octanol–water partition coefficient (Wildman–Crippen LogP) is 17.1. The Hall–Kier alpha value is -1.13. The van der Waals surface area contributed by atoms with Gasteiger partial charge in [0, 0.05) is 6.42 Å². The third kappa shape index (κ3) is 45.9. The lowest BCUT2D eigenvalue weighted by atomic mass is 10.0. The minimum atomic E-state index is -0.655. The van der Waals surface area contributed by atoms with Crippen molar-refractivity contribution in [1.82, 2.24) is 5.32 Å². The fraction of sp³-hybridized carbons (Fsp3) is 0.907. The van der Waals surface area contributed by atoms with E-state index in [-0.39, 0.29) is 12.5 Å². The highest BCUT2D eigenvalue weighted by Gasteiger charge is 2.20. The topological polar surface area (TPSA) is 69.6 Å². The second kappa shape index (κ2) is 50.2. The maximum atomic E-state index is 12.4. The standard InChI is InChI=1S/C54H105NO3/c1-3-5-7-9-11-13-14-15-16-17-18-19-20-21-22-23-24-25-26-27-28-29-30-31-32-33-34-35-36-37-38-39-40-42-44-46-48-50-54(58)55-52(51-56)53(57)49-47-45-43-41-12-10-8-6-4-2/h22-23,25-26,52-53,56-57H,3-21,24,27-51H2,1-2H3,(H,55,58)/b23-22-,26-25-. The molecule has 0 rings (SSSR count). The number of unbranched alkanes of at least 4 members (excludes halogenated alkanes) is 38. The largest absolute Gasteiger partial charge is 0.394 e. The van der Waals surface area contributed by atoms with Crippen LogP contribution in [0.4, 0.5) is 0 Å². The van der Waals surface area contributed by atoms with Gasteiger partial charge in [0.2, 0.25) is 5.91 Å². The molecular formula is C54H105NO3. The second-order valence-corrected chi connectivity index (χ2v) is 18.3. The summed E-state index contributed by atoms with van der Waals surface area (Å²) >= 11 is 0. The molecule has 0 radical (unpaired) electrons. The van der Waals surface area contributed by atoms with Crippen LogP contribution >= 0.6 is 0 Å². The van der Waals surface area contributed by atoms with Crippen LogP contribution in [0.3, 0.4) is 0 Å². The Bertz CT molecular complexity index is 840. The van der Waals surface area contributed by atoms with Crippen LogP contribution in [-0.4, -0.2) is 34.9 Å². The molecule has 58 heavy (non-hydrogen) atoms. The lowest BCUT2D eigenvalue weighted by Crippen LogP contribution is -2.45. The highest BCUT2D eigenvalue weighted by atomic mass is 16.3. The summed E-state index contributed by atoms with van der Waals surface area (Å²) in [4.78, 5) is 12.4. The van der Waals surface area contributed by atoms with Gasteiger partial charge >= 0.3 is 0 Å². The Morgan fingerprint density at radius 3 is 1.03 bits per heavy atom. The van der Waals surface area contributed by atoms with Gasteiger partial charge in [-0.15, -0.1) is 0 Å².